The summed E-state index contributed by atoms with van der Waals surface area (Å²) in [7, 11) is 0. The van der Waals surface area contributed by atoms with E-state index in [0.717, 1.165) is 11.3 Å². The van der Waals surface area contributed by atoms with E-state index in [9.17, 15) is 9.90 Å². The first-order valence-electron chi connectivity index (χ1n) is 5.98. The van der Waals surface area contributed by atoms with Crippen molar-refractivity contribution in [1.82, 2.24) is 10.2 Å². The van der Waals surface area contributed by atoms with Gasteiger partial charge in [-0.15, -0.1) is 0 Å². The number of hydrogen-bond acceptors (Lipinski definition) is 3. The zero-order valence-electron chi connectivity index (χ0n) is 10.1. The average Bonchev–Trinajstić information content (AvgIpc) is 2.43. The van der Waals surface area contributed by atoms with Gasteiger partial charge in [0.1, 0.15) is 5.75 Å². The largest absolute Gasteiger partial charge is 0.508 e. The van der Waals surface area contributed by atoms with E-state index >= 15 is 0 Å². The van der Waals surface area contributed by atoms with Gasteiger partial charge < -0.3 is 5.11 Å². The fourth-order valence-corrected chi connectivity index (χ4v) is 2.13. The van der Waals surface area contributed by atoms with Gasteiger partial charge in [-0.05, 0) is 23.8 Å². The highest BCUT2D eigenvalue weighted by Gasteiger charge is 2.08. The molecule has 0 fully saturated rings. The topological polar surface area (TPSA) is 66.0 Å². The Hall–Kier alpha value is -2.62. The Morgan fingerprint density at radius 2 is 1.84 bits per heavy atom. The quantitative estimate of drug-likeness (QED) is 0.735. The number of hydrogen-bond donors (Lipinski definition) is 2. The van der Waals surface area contributed by atoms with Gasteiger partial charge in [-0.25, -0.2) is 5.10 Å². The highest BCUT2D eigenvalue weighted by Crippen LogP contribution is 2.21. The van der Waals surface area contributed by atoms with Crippen molar-refractivity contribution < 1.29 is 5.11 Å². The Morgan fingerprint density at radius 3 is 2.63 bits per heavy atom. The molecule has 0 aliphatic carbocycles. The molecule has 3 rings (SSSR count). The fraction of sp³-hybridized carbons (Fsp3) is 0.0667. The summed E-state index contributed by atoms with van der Waals surface area (Å²) in [6.45, 7) is 0. The van der Waals surface area contributed by atoms with Gasteiger partial charge in [0.05, 0.1) is 11.1 Å². The van der Waals surface area contributed by atoms with Crippen molar-refractivity contribution in [2.45, 2.75) is 6.42 Å². The van der Waals surface area contributed by atoms with Crippen LogP contribution >= 0.6 is 0 Å². The molecule has 0 amide bonds. The van der Waals surface area contributed by atoms with E-state index in [1.807, 2.05) is 30.3 Å². The van der Waals surface area contributed by atoms with Crippen molar-refractivity contribution in [3.05, 3.63) is 70.1 Å². The van der Waals surface area contributed by atoms with Gasteiger partial charge in [-0.2, -0.15) is 5.10 Å². The van der Waals surface area contributed by atoms with E-state index in [0.29, 0.717) is 17.2 Å². The zero-order valence-corrected chi connectivity index (χ0v) is 10.1. The van der Waals surface area contributed by atoms with Crippen molar-refractivity contribution in [1.29, 1.82) is 0 Å². The maximum atomic E-state index is 11.7. The van der Waals surface area contributed by atoms with Crippen LogP contribution in [0.1, 0.15) is 11.3 Å². The molecule has 0 bridgehead atoms. The van der Waals surface area contributed by atoms with Crippen LogP contribution in [0, 0.1) is 0 Å². The van der Waals surface area contributed by atoms with Crippen molar-refractivity contribution >= 4 is 10.8 Å². The summed E-state index contributed by atoms with van der Waals surface area (Å²) in [5.74, 6) is 0.134. The van der Waals surface area contributed by atoms with Gasteiger partial charge in [0.2, 0.25) is 0 Å². The maximum absolute atomic E-state index is 11.7. The van der Waals surface area contributed by atoms with Crippen LogP contribution < -0.4 is 5.56 Å². The van der Waals surface area contributed by atoms with E-state index < -0.39 is 0 Å². The van der Waals surface area contributed by atoms with Crippen molar-refractivity contribution in [2.24, 2.45) is 0 Å². The Bertz CT molecular complexity index is 779. The molecule has 0 aliphatic rings. The van der Waals surface area contributed by atoms with Crippen molar-refractivity contribution in [3.63, 3.8) is 0 Å². The predicted octanol–water partition coefficient (Wildman–Crippen LogP) is 2.22. The minimum absolute atomic E-state index is 0.134. The molecule has 0 unspecified atom stereocenters. The van der Waals surface area contributed by atoms with E-state index in [4.69, 9.17) is 0 Å². The van der Waals surface area contributed by atoms with E-state index in [1.165, 1.54) is 6.07 Å². The Balaban J connectivity index is 2.16. The molecule has 19 heavy (non-hydrogen) atoms. The summed E-state index contributed by atoms with van der Waals surface area (Å²) in [6, 6.07) is 14.6. The SMILES string of the molecule is O=c1[nH]nc(Cc2ccccc2)c2cc(O)ccc12. The van der Waals surface area contributed by atoms with Gasteiger partial charge in [0.15, 0.2) is 0 Å². The number of nitrogens with one attached hydrogen (secondary N) is 1. The normalized spacial score (nSPS) is 10.7. The van der Waals surface area contributed by atoms with Gasteiger partial charge >= 0.3 is 0 Å². The van der Waals surface area contributed by atoms with Gasteiger partial charge in [-0.1, -0.05) is 30.3 Å². The van der Waals surface area contributed by atoms with Crippen LogP contribution in [0.3, 0.4) is 0 Å². The molecule has 2 N–H and O–H groups in total. The number of phenolic OH excluding ortho intramolecular Hbond substituents is 1. The number of aromatic amines is 1. The number of benzene rings is 2. The molecule has 0 spiro atoms. The van der Waals surface area contributed by atoms with Crippen LogP contribution in [-0.4, -0.2) is 15.3 Å². The van der Waals surface area contributed by atoms with Gasteiger partial charge in [0, 0.05) is 11.8 Å². The predicted molar refractivity (Wildman–Crippen MR) is 73.3 cm³/mol. The molecule has 0 aliphatic heterocycles. The minimum Gasteiger partial charge on any atom is -0.508 e. The van der Waals surface area contributed by atoms with Gasteiger partial charge in [0.25, 0.3) is 5.56 Å². The Kier molecular flexibility index (Phi) is 2.76. The molecule has 3 aromatic rings. The third-order valence-electron chi connectivity index (χ3n) is 3.07. The Labute approximate surface area is 109 Å². The number of aromatic nitrogens is 2. The second-order valence-corrected chi connectivity index (χ2v) is 4.39. The van der Waals surface area contributed by atoms with E-state index in [1.54, 1.807) is 12.1 Å². The summed E-state index contributed by atoms with van der Waals surface area (Å²) in [6.07, 6.45) is 0.609. The van der Waals surface area contributed by atoms with E-state index in [-0.39, 0.29) is 11.3 Å². The van der Waals surface area contributed by atoms with Crippen LogP contribution in [0.5, 0.6) is 5.75 Å². The standard InChI is InChI=1S/C15H12N2O2/c18-11-6-7-12-13(9-11)14(16-17-15(12)19)8-10-4-2-1-3-5-10/h1-7,9,18H,8H2,(H,17,19). The molecule has 1 aromatic heterocycles. The molecule has 0 saturated carbocycles. The molecule has 4 heteroatoms. The number of H-pyrrole nitrogens is 1. The highest BCUT2D eigenvalue weighted by molar-refractivity contribution is 5.85. The molecular formula is C15H12N2O2. The number of phenols is 1. The lowest BCUT2D eigenvalue weighted by molar-refractivity contribution is 0.476. The molecule has 94 valence electrons. The summed E-state index contributed by atoms with van der Waals surface area (Å²) < 4.78 is 0. The van der Waals surface area contributed by atoms with Crippen LogP contribution in [0.25, 0.3) is 10.8 Å². The molecule has 4 nitrogen and oxygen atoms in total. The maximum Gasteiger partial charge on any atom is 0.272 e. The lowest BCUT2D eigenvalue weighted by atomic mass is 10.0. The zero-order chi connectivity index (χ0) is 13.2. The average molecular weight is 252 g/mol. The van der Waals surface area contributed by atoms with Crippen molar-refractivity contribution in [2.75, 3.05) is 0 Å². The van der Waals surface area contributed by atoms with Crippen molar-refractivity contribution in [3.8, 4) is 5.75 Å². The second kappa shape index (κ2) is 4.57. The lowest BCUT2D eigenvalue weighted by Crippen LogP contribution is -2.11. The smallest absolute Gasteiger partial charge is 0.272 e. The first-order chi connectivity index (χ1) is 9.24. The monoisotopic (exact) mass is 252 g/mol. The molecule has 0 radical (unpaired) electrons. The molecule has 2 aromatic carbocycles. The molecule has 0 atom stereocenters. The third kappa shape index (κ3) is 2.20. The third-order valence-corrected chi connectivity index (χ3v) is 3.07. The molecule has 1 heterocycles. The summed E-state index contributed by atoms with van der Waals surface area (Å²) in [5.41, 5.74) is 1.61. The van der Waals surface area contributed by atoms with Crippen LogP contribution in [0.4, 0.5) is 0 Å². The summed E-state index contributed by atoms with van der Waals surface area (Å²) in [5, 5.41) is 17.4. The minimum atomic E-state index is -0.244. The van der Waals surface area contributed by atoms with Crippen LogP contribution in [-0.2, 0) is 6.42 Å². The number of fused-ring (bicyclic) bond motifs is 1. The van der Waals surface area contributed by atoms with E-state index in [2.05, 4.69) is 10.2 Å². The highest BCUT2D eigenvalue weighted by atomic mass is 16.3. The first kappa shape index (κ1) is 11.5. The van der Waals surface area contributed by atoms with Crippen LogP contribution in [0.15, 0.2) is 53.3 Å². The molecular weight excluding hydrogens is 240 g/mol. The second-order valence-electron chi connectivity index (χ2n) is 4.39. The first-order valence-corrected chi connectivity index (χ1v) is 5.98. The fourth-order valence-electron chi connectivity index (χ4n) is 2.13. The number of rotatable bonds is 2. The number of nitrogens with zero attached hydrogens (tertiary/aromatic N) is 1. The number of aromatic hydroxyl groups is 1. The van der Waals surface area contributed by atoms with Gasteiger partial charge in [-0.3, -0.25) is 4.79 Å². The van der Waals surface area contributed by atoms with Crippen LogP contribution in [0.2, 0.25) is 0 Å². The Morgan fingerprint density at radius 1 is 1.05 bits per heavy atom. The lowest BCUT2D eigenvalue weighted by Gasteiger charge is -2.05. The summed E-state index contributed by atoms with van der Waals surface area (Å²) in [4.78, 5) is 11.7. The molecule has 0 saturated heterocycles. The summed E-state index contributed by atoms with van der Waals surface area (Å²) >= 11 is 0.